The summed E-state index contributed by atoms with van der Waals surface area (Å²) in [6, 6.07) is 0.563. The Morgan fingerprint density at radius 3 is 1.67 bits per heavy atom. The molecule has 0 rings (SSSR count). The smallest absolute Gasteiger partial charge is 0.374 e. The SMILES string of the molecule is CCO[Si](CC(Cl)CCl)(OCC)OCC. The van der Waals surface area contributed by atoms with Crippen LogP contribution in [0.3, 0.4) is 0 Å². The normalized spacial score (nSPS) is 14.2. The van der Waals surface area contributed by atoms with Crippen LogP contribution in [0, 0.1) is 0 Å². The van der Waals surface area contributed by atoms with E-state index in [2.05, 4.69) is 0 Å². The second-order valence-corrected chi connectivity index (χ2v) is 6.50. The Hall–Kier alpha value is 0.677. The molecule has 0 aromatic rings. The predicted molar refractivity (Wildman–Crippen MR) is 65.8 cm³/mol. The van der Waals surface area contributed by atoms with E-state index in [9.17, 15) is 0 Å². The van der Waals surface area contributed by atoms with Crippen molar-refractivity contribution in [1.29, 1.82) is 0 Å². The van der Waals surface area contributed by atoms with E-state index in [1.165, 1.54) is 0 Å². The van der Waals surface area contributed by atoms with Crippen molar-refractivity contribution in [3.63, 3.8) is 0 Å². The minimum absolute atomic E-state index is 0.164. The molecule has 1 unspecified atom stereocenters. The standard InChI is InChI=1S/C9H20Cl2O3Si/c1-4-12-15(13-5-2,14-6-3)8-9(11)7-10/h9H,4-8H2,1-3H3. The van der Waals surface area contributed by atoms with Crippen LogP contribution in [0.1, 0.15) is 20.8 Å². The monoisotopic (exact) mass is 274 g/mol. The summed E-state index contributed by atoms with van der Waals surface area (Å²) >= 11 is 11.7. The van der Waals surface area contributed by atoms with E-state index in [1.54, 1.807) is 0 Å². The lowest BCUT2D eigenvalue weighted by Crippen LogP contribution is -2.48. The molecule has 0 heterocycles. The molecule has 15 heavy (non-hydrogen) atoms. The molecular formula is C9H20Cl2O3Si. The molecule has 0 amide bonds. The fourth-order valence-corrected chi connectivity index (χ4v) is 4.76. The Morgan fingerprint density at radius 1 is 1.00 bits per heavy atom. The van der Waals surface area contributed by atoms with Crippen LogP contribution in [0.25, 0.3) is 0 Å². The van der Waals surface area contributed by atoms with Crippen molar-refractivity contribution >= 4 is 32.0 Å². The zero-order valence-corrected chi connectivity index (χ0v) is 12.1. The molecule has 0 aromatic carbocycles. The second-order valence-electron chi connectivity index (χ2n) is 2.94. The minimum Gasteiger partial charge on any atom is -0.374 e. The van der Waals surface area contributed by atoms with Gasteiger partial charge in [-0.25, -0.2) is 0 Å². The first-order chi connectivity index (χ1) is 7.14. The van der Waals surface area contributed by atoms with Gasteiger partial charge in [-0.15, -0.1) is 23.2 Å². The molecule has 0 aliphatic rings. The molecule has 0 radical (unpaired) electrons. The number of hydrogen-bond donors (Lipinski definition) is 0. The Labute approximate surface area is 103 Å². The van der Waals surface area contributed by atoms with Gasteiger partial charge in [-0.1, -0.05) is 0 Å². The van der Waals surface area contributed by atoms with Gasteiger partial charge < -0.3 is 13.3 Å². The third kappa shape index (κ3) is 6.09. The molecule has 0 spiro atoms. The van der Waals surface area contributed by atoms with Crippen LogP contribution in [0.4, 0.5) is 0 Å². The van der Waals surface area contributed by atoms with E-state index in [4.69, 9.17) is 36.5 Å². The summed E-state index contributed by atoms with van der Waals surface area (Å²) in [5.74, 6) is 0.379. The third-order valence-corrected chi connectivity index (χ3v) is 6.01. The first kappa shape index (κ1) is 15.7. The molecular weight excluding hydrogens is 255 g/mol. The van der Waals surface area contributed by atoms with Crippen molar-refractivity contribution in [2.45, 2.75) is 32.2 Å². The maximum atomic E-state index is 6.02. The van der Waals surface area contributed by atoms with Gasteiger partial charge in [0.2, 0.25) is 0 Å². The molecule has 0 fully saturated rings. The van der Waals surface area contributed by atoms with E-state index < -0.39 is 8.80 Å². The van der Waals surface area contributed by atoms with Crippen LogP contribution in [-0.4, -0.2) is 39.9 Å². The van der Waals surface area contributed by atoms with Crippen LogP contribution < -0.4 is 0 Å². The van der Waals surface area contributed by atoms with E-state index >= 15 is 0 Å². The highest BCUT2D eigenvalue weighted by atomic mass is 35.5. The highest BCUT2D eigenvalue weighted by molar-refractivity contribution is 6.62. The van der Waals surface area contributed by atoms with Gasteiger partial charge in [0.05, 0.1) is 5.38 Å². The van der Waals surface area contributed by atoms with Crippen LogP contribution in [0.15, 0.2) is 0 Å². The van der Waals surface area contributed by atoms with Crippen molar-refractivity contribution in [2.24, 2.45) is 0 Å². The first-order valence-electron chi connectivity index (χ1n) is 5.26. The lowest BCUT2D eigenvalue weighted by molar-refractivity contribution is 0.0715. The maximum Gasteiger partial charge on any atom is 0.502 e. The fraction of sp³-hybridized carbons (Fsp3) is 1.00. The number of rotatable bonds is 9. The average Bonchev–Trinajstić information content (AvgIpc) is 2.18. The van der Waals surface area contributed by atoms with Crippen molar-refractivity contribution < 1.29 is 13.3 Å². The first-order valence-corrected chi connectivity index (χ1v) is 8.16. The van der Waals surface area contributed by atoms with Crippen LogP contribution in [0.2, 0.25) is 6.04 Å². The fourth-order valence-electron chi connectivity index (χ4n) is 1.29. The molecule has 0 aliphatic carbocycles. The van der Waals surface area contributed by atoms with Gasteiger partial charge in [0, 0.05) is 31.7 Å². The zero-order valence-electron chi connectivity index (χ0n) is 9.59. The topological polar surface area (TPSA) is 27.7 Å². The van der Waals surface area contributed by atoms with Crippen molar-refractivity contribution in [3.8, 4) is 0 Å². The highest BCUT2D eigenvalue weighted by Gasteiger charge is 2.42. The largest absolute Gasteiger partial charge is 0.502 e. The van der Waals surface area contributed by atoms with Gasteiger partial charge in [-0.05, 0) is 20.8 Å². The summed E-state index contributed by atoms with van der Waals surface area (Å²) in [5, 5.41) is -0.164. The Morgan fingerprint density at radius 2 is 1.40 bits per heavy atom. The molecule has 92 valence electrons. The molecule has 3 nitrogen and oxygen atoms in total. The second kappa shape index (κ2) is 8.79. The number of hydrogen-bond acceptors (Lipinski definition) is 3. The molecule has 1 atom stereocenters. The van der Waals surface area contributed by atoms with E-state index in [0.29, 0.717) is 31.7 Å². The van der Waals surface area contributed by atoms with E-state index in [-0.39, 0.29) is 5.38 Å². The zero-order chi connectivity index (χ0) is 11.7. The number of halogens is 2. The molecule has 0 saturated carbocycles. The van der Waals surface area contributed by atoms with E-state index in [0.717, 1.165) is 0 Å². The summed E-state index contributed by atoms with van der Waals surface area (Å²) in [5.41, 5.74) is 0. The summed E-state index contributed by atoms with van der Waals surface area (Å²) in [6.45, 7) is 7.46. The van der Waals surface area contributed by atoms with Gasteiger partial charge >= 0.3 is 8.80 Å². The predicted octanol–water partition coefficient (Wildman–Crippen LogP) is 2.88. The Kier molecular flexibility index (Phi) is 9.18. The van der Waals surface area contributed by atoms with Crippen LogP contribution in [-0.2, 0) is 13.3 Å². The third-order valence-electron chi connectivity index (χ3n) is 1.73. The number of alkyl halides is 2. The lowest BCUT2D eigenvalue weighted by atomic mass is 10.6. The van der Waals surface area contributed by atoms with Gasteiger partial charge in [0.15, 0.2) is 0 Å². The van der Waals surface area contributed by atoms with Crippen molar-refractivity contribution in [3.05, 3.63) is 0 Å². The molecule has 0 bridgehead atoms. The van der Waals surface area contributed by atoms with Crippen LogP contribution in [0.5, 0.6) is 0 Å². The molecule has 0 N–H and O–H groups in total. The Bertz CT molecular complexity index is 143. The van der Waals surface area contributed by atoms with Crippen molar-refractivity contribution in [2.75, 3.05) is 25.7 Å². The quantitative estimate of drug-likeness (QED) is 0.478. The maximum absolute atomic E-state index is 6.02. The minimum atomic E-state index is -2.60. The summed E-state index contributed by atoms with van der Waals surface area (Å²) < 4.78 is 16.9. The Balaban J connectivity index is 4.44. The van der Waals surface area contributed by atoms with E-state index in [1.807, 2.05) is 20.8 Å². The van der Waals surface area contributed by atoms with Gasteiger partial charge in [-0.3, -0.25) is 0 Å². The lowest BCUT2D eigenvalue weighted by Gasteiger charge is -2.29. The average molecular weight is 275 g/mol. The molecule has 0 aromatic heterocycles. The molecule has 6 heteroatoms. The van der Waals surface area contributed by atoms with Gasteiger partial charge in [-0.2, -0.15) is 0 Å². The van der Waals surface area contributed by atoms with Crippen molar-refractivity contribution in [1.82, 2.24) is 0 Å². The summed E-state index contributed by atoms with van der Waals surface area (Å²) in [6.07, 6.45) is 0. The highest BCUT2D eigenvalue weighted by Crippen LogP contribution is 2.21. The van der Waals surface area contributed by atoms with Gasteiger partial charge in [0.1, 0.15) is 0 Å². The molecule has 0 saturated heterocycles. The molecule has 0 aliphatic heterocycles. The van der Waals surface area contributed by atoms with Crippen LogP contribution >= 0.6 is 23.2 Å². The summed E-state index contributed by atoms with van der Waals surface area (Å²) in [7, 11) is -2.60. The van der Waals surface area contributed by atoms with Gasteiger partial charge in [0.25, 0.3) is 0 Å². The summed E-state index contributed by atoms with van der Waals surface area (Å²) in [4.78, 5) is 0.